The van der Waals surface area contributed by atoms with Gasteiger partial charge in [-0.15, -0.1) is 0 Å². The molecule has 0 spiro atoms. The van der Waals surface area contributed by atoms with Gasteiger partial charge in [-0.2, -0.15) is 5.10 Å². The molecule has 0 fully saturated rings. The number of ether oxygens (including phenoxy) is 1. The second-order valence-electron chi connectivity index (χ2n) is 4.85. The van der Waals surface area contributed by atoms with Crippen molar-refractivity contribution in [1.29, 1.82) is 0 Å². The van der Waals surface area contributed by atoms with Crippen molar-refractivity contribution in [1.82, 2.24) is 9.78 Å². The van der Waals surface area contributed by atoms with Gasteiger partial charge in [0, 0.05) is 30.3 Å². The number of nitrogens with zero attached hydrogens (tertiary/aromatic N) is 2. The number of para-hydroxylation sites is 1. The van der Waals surface area contributed by atoms with Gasteiger partial charge in [0.1, 0.15) is 5.75 Å². The van der Waals surface area contributed by atoms with E-state index in [1.807, 2.05) is 28.9 Å². The monoisotopic (exact) mass is 273 g/mol. The minimum atomic E-state index is -0.0853. The molecule has 1 aromatic carbocycles. The van der Waals surface area contributed by atoms with Crippen LogP contribution >= 0.6 is 0 Å². The van der Waals surface area contributed by atoms with Crippen LogP contribution in [0.15, 0.2) is 30.3 Å². The highest BCUT2D eigenvalue weighted by molar-refractivity contribution is 5.36. The fourth-order valence-corrected chi connectivity index (χ4v) is 2.43. The highest BCUT2D eigenvalue weighted by Gasteiger charge is 2.15. The summed E-state index contributed by atoms with van der Waals surface area (Å²) in [7, 11) is 1.68. The molecule has 4 heteroatoms. The maximum Gasteiger partial charge on any atom is 0.123 e. The number of methoxy groups -OCH3 is 1. The summed E-state index contributed by atoms with van der Waals surface area (Å²) in [5.41, 5.74) is 9.70. The van der Waals surface area contributed by atoms with Crippen molar-refractivity contribution in [3.05, 3.63) is 47.3 Å². The molecule has 0 saturated heterocycles. The van der Waals surface area contributed by atoms with Gasteiger partial charge < -0.3 is 10.5 Å². The Kier molecular flexibility index (Phi) is 4.79. The van der Waals surface area contributed by atoms with E-state index >= 15 is 0 Å². The summed E-state index contributed by atoms with van der Waals surface area (Å²) in [6.07, 6.45) is 1.71. The Morgan fingerprint density at radius 2 is 2.05 bits per heavy atom. The average molecular weight is 273 g/mol. The molecule has 0 radical (unpaired) electrons. The summed E-state index contributed by atoms with van der Waals surface area (Å²) < 4.78 is 7.42. The van der Waals surface area contributed by atoms with E-state index in [0.29, 0.717) is 0 Å². The van der Waals surface area contributed by atoms with Crippen LogP contribution in [0, 0.1) is 0 Å². The third-order valence-electron chi connectivity index (χ3n) is 3.54. The number of benzene rings is 1. The Morgan fingerprint density at radius 1 is 1.30 bits per heavy atom. The summed E-state index contributed by atoms with van der Waals surface area (Å²) in [4.78, 5) is 0. The van der Waals surface area contributed by atoms with Crippen molar-refractivity contribution in [3.63, 3.8) is 0 Å². The van der Waals surface area contributed by atoms with E-state index in [-0.39, 0.29) is 6.04 Å². The number of hydrogen-bond donors (Lipinski definition) is 1. The fourth-order valence-electron chi connectivity index (χ4n) is 2.43. The summed E-state index contributed by atoms with van der Waals surface area (Å²) in [6.45, 7) is 5.09. The van der Waals surface area contributed by atoms with Crippen molar-refractivity contribution in [2.24, 2.45) is 5.73 Å². The van der Waals surface area contributed by atoms with Gasteiger partial charge in [-0.3, -0.25) is 4.68 Å². The lowest BCUT2D eigenvalue weighted by Crippen LogP contribution is -2.17. The van der Waals surface area contributed by atoms with E-state index in [1.165, 1.54) is 5.69 Å². The SMILES string of the molecule is CCc1cc(CC(N)c2ccccc2OC)n(CC)n1. The van der Waals surface area contributed by atoms with Crippen molar-refractivity contribution in [3.8, 4) is 5.75 Å². The zero-order valence-electron chi connectivity index (χ0n) is 12.5. The molecule has 2 N–H and O–H groups in total. The highest BCUT2D eigenvalue weighted by atomic mass is 16.5. The third kappa shape index (κ3) is 3.02. The fraction of sp³-hybridized carbons (Fsp3) is 0.438. The third-order valence-corrected chi connectivity index (χ3v) is 3.54. The minimum absolute atomic E-state index is 0.0853. The molecular formula is C16H23N3O. The van der Waals surface area contributed by atoms with E-state index in [2.05, 4.69) is 25.0 Å². The van der Waals surface area contributed by atoms with Gasteiger partial charge in [-0.25, -0.2) is 0 Å². The van der Waals surface area contributed by atoms with Crippen LogP contribution in [0.4, 0.5) is 0 Å². The predicted molar refractivity (Wildman–Crippen MR) is 80.9 cm³/mol. The maximum atomic E-state index is 6.36. The lowest BCUT2D eigenvalue weighted by molar-refractivity contribution is 0.405. The first-order valence-electron chi connectivity index (χ1n) is 7.13. The van der Waals surface area contributed by atoms with Gasteiger partial charge in [0.25, 0.3) is 0 Å². The van der Waals surface area contributed by atoms with Gasteiger partial charge in [0.2, 0.25) is 0 Å². The first-order valence-corrected chi connectivity index (χ1v) is 7.13. The Morgan fingerprint density at radius 3 is 2.70 bits per heavy atom. The van der Waals surface area contributed by atoms with Crippen molar-refractivity contribution in [2.75, 3.05) is 7.11 Å². The molecule has 1 heterocycles. The largest absolute Gasteiger partial charge is 0.496 e. The number of aromatic nitrogens is 2. The second-order valence-corrected chi connectivity index (χ2v) is 4.85. The van der Waals surface area contributed by atoms with Crippen LogP contribution in [0.2, 0.25) is 0 Å². The summed E-state index contributed by atoms with van der Waals surface area (Å²) in [6, 6.07) is 9.99. The van der Waals surface area contributed by atoms with Crippen LogP contribution in [0.25, 0.3) is 0 Å². The minimum Gasteiger partial charge on any atom is -0.496 e. The molecule has 2 rings (SSSR count). The van der Waals surface area contributed by atoms with Crippen LogP contribution in [-0.4, -0.2) is 16.9 Å². The van der Waals surface area contributed by atoms with Crippen LogP contribution in [0.5, 0.6) is 5.75 Å². The quantitative estimate of drug-likeness (QED) is 0.880. The predicted octanol–water partition coefficient (Wildman–Crippen LogP) is 2.72. The Labute approximate surface area is 120 Å². The lowest BCUT2D eigenvalue weighted by atomic mass is 10.0. The number of nitrogens with two attached hydrogens (primary N) is 1. The molecule has 1 aromatic heterocycles. The first-order chi connectivity index (χ1) is 9.69. The van der Waals surface area contributed by atoms with Gasteiger partial charge in [0.05, 0.1) is 12.8 Å². The number of aryl methyl sites for hydroxylation is 2. The van der Waals surface area contributed by atoms with Gasteiger partial charge in [0.15, 0.2) is 0 Å². The first kappa shape index (κ1) is 14.6. The van der Waals surface area contributed by atoms with Crippen molar-refractivity contribution >= 4 is 0 Å². The lowest BCUT2D eigenvalue weighted by Gasteiger charge is -2.16. The van der Waals surface area contributed by atoms with Crippen LogP contribution < -0.4 is 10.5 Å². The summed E-state index contributed by atoms with van der Waals surface area (Å²) >= 11 is 0. The molecule has 0 aliphatic carbocycles. The molecule has 4 nitrogen and oxygen atoms in total. The van der Waals surface area contributed by atoms with Crippen LogP contribution in [-0.2, 0) is 19.4 Å². The van der Waals surface area contributed by atoms with Crippen LogP contribution in [0.3, 0.4) is 0 Å². The Bertz CT molecular complexity index is 563. The average Bonchev–Trinajstić information content (AvgIpc) is 2.89. The normalized spacial score (nSPS) is 12.4. The van der Waals surface area contributed by atoms with Crippen molar-refractivity contribution in [2.45, 2.75) is 39.3 Å². The molecular weight excluding hydrogens is 250 g/mol. The molecule has 20 heavy (non-hydrogen) atoms. The number of hydrogen-bond acceptors (Lipinski definition) is 3. The van der Waals surface area contributed by atoms with Gasteiger partial charge >= 0.3 is 0 Å². The van der Waals surface area contributed by atoms with Gasteiger partial charge in [-0.05, 0) is 25.5 Å². The van der Waals surface area contributed by atoms with E-state index in [1.54, 1.807) is 7.11 Å². The van der Waals surface area contributed by atoms with E-state index in [9.17, 15) is 0 Å². The molecule has 0 saturated carbocycles. The molecule has 2 aromatic rings. The number of rotatable bonds is 6. The van der Waals surface area contributed by atoms with E-state index < -0.39 is 0 Å². The van der Waals surface area contributed by atoms with E-state index in [4.69, 9.17) is 10.5 Å². The van der Waals surface area contributed by atoms with E-state index in [0.717, 1.165) is 36.4 Å². The Balaban J connectivity index is 2.22. The summed E-state index contributed by atoms with van der Waals surface area (Å²) in [5.74, 6) is 0.846. The second kappa shape index (κ2) is 6.57. The molecule has 0 amide bonds. The van der Waals surface area contributed by atoms with Crippen LogP contribution in [0.1, 0.15) is 36.8 Å². The molecule has 1 atom stereocenters. The topological polar surface area (TPSA) is 53.1 Å². The molecule has 0 aliphatic rings. The Hall–Kier alpha value is -1.81. The standard InChI is InChI=1S/C16H23N3O/c1-4-12-10-13(19(5-2)18-12)11-15(17)14-8-6-7-9-16(14)20-3/h6-10,15H,4-5,11,17H2,1-3H3. The van der Waals surface area contributed by atoms with Crippen molar-refractivity contribution < 1.29 is 4.74 Å². The smallest absolute Gasteiger partial charge is 0.123 e. The summed E-state index contributed by atoms with van der Waals surface area (Å²) in [5, 5.41) is 4.57. The maximum absolute atomic E-state index is 6.36. The molecule has 1 unspecified atom stereocenters. The molecule has 0 aliphatic heterocycles. The highest BCUT2D eigenvalue weighted by Crippen LogP contribution is 2.25. The zero-order chi connectivity index (χ0) is 14.5. The molecule has 108 valence electrons. The zero-order valence-corrected chi connectivity index (χ0v) is 12.5. The van der Waals surface area contributed by atoms with Gasteiger partial charge in [-0.1, -0.05) is 25.1 Å². The molecule has 0 bridgehead atoms.